The van der Waals surface area contributed by atoms with Gasteiger partial charge in [0.15, 0.2) is 5.82 Å². The van der Waals surface area contributed by atoms with Crippen molar-refractivity contribution in [3.05, 3.63) is 36.3 Å². The van der Waals surface area contributed by atoms with E-state index in [1.807, 2.05) is 11.0 Å². The molecule has 0 saturated carbocycles. The Labute approximate surface area is 154 Å². The number of hydrogen-bond donors (Lipinski definition) is 1. The summed E-state index contributed by atoms with van der Waals surface area (Å²) in [6.07, 6.45) is 8.59. The van der Waals surface area contributed by atoms with E-state index in [0.29, 0.717) is 24.8 Å². The minimum absolute atomic E-state index is 0.0404. The molecule has 1 N–H and O–H groups in total. The number of carbonyl (C=O) groups is 1. The predicted octanol–water partition coefficient (Wildman–Crippen LogP) is 0.999. The summed E-state index contributed by atoms with van der Waals surface area (Å²) < 4.78 is 6.92. The Morgan fingerprint density at radius 2 is 2.00 bits per heavy atom. The van der Waals surface area contributed by atoms with Crippen LogP contribution in [0.15, 0.2) is 29.6 Å². The van der Waals surface area contributed by atoms with E-state index < -0.39 is 0 Å². The van der Waals surface area contributed by atoms with E-state index in [1.54, 1.807) is 11.0 Å². The van der Waals surface area contributed by atoms with E-state index in [9.17, 15) is 4.79 Å². The summed E-state index contributed by atoms with van der Waals surface area (Å²) in [4.78, 5) is 27.0. The lowest BCUT2D eigenvalue weighted by molar-refractivity contribution is -0.120. The fourth-order valence-corrected chi connectivity index (χ4v) is 3.50. The minimum Gasteiger partial charge on any atom is -0.355 e. The van der Waals surface area contributed by atoms with E-state index in [1.165, 1.54) is 12.7 Å². The molecule has 3 aromatic heterocycles. The molecule has 0 radical (unpaired) electrons. The average Bonchev–Trinajstić information content (AvgIpc) is 3.31. The maximum Gasteiger partial charge on any atom is 0.234 e. The van der Waals surface area contributed by atoms with Crippen LogP contribution in [0.4, 0.5) is 11.7 Å². The predicted molar refractivity (Wildman–Crippen MR) is 94.4 cm³/mol. The van der Waals surface area contributed by atoms with E-state index in [4.69, 9.17) is 4.52 Å². The number of nitrogens with one attached hydrogen (secondary N) is 1. The number of hydrogen-bond acceptors (Lipinski definition) is 8. The molecule has 0 atom stereocenters. The third-order valence-corrected chi connectivity index (χ3v) is 5.06. The molecule has 1 amide bonds. The monoisotopic (exact) mass is 366 g/mol. The van der Waals surface area contributed by atoms with Crippen LogP contribution >= 0.6 is 0 Å². The summed E-state index contributed by atoms with van der Waals surface area (Å²) in [5.41, 5.74) is 2.03. The van der Waals surface area contributed by atoms with Crippen LogP contribution < -0.4 is 10.2 Å². The van der Waals surface area contributed by atoms with Gasteiger partial charge in [0.25, 0.3) is 0 Å². The molecule has 138 valence electrons. The first-order valence-corrected chi connectivity index (χ1v) is 8.98. The maximum absolute atomic E-state index is 12.5. The Morgan fingerprint density at radius 1 is 1.15 bits per heavy atom. The number of amides is 1. The second-order valence-corrected chi connectivity index (χ2v) is 6.81. The van der Waals surface area contributed by atoms with Crippen molar-refractivity contribution in [1.82, 2.24) is 29.9 Å². The Morgan fingerprint density at radius 3 is 2.85 bits per heavy atom. The molecule has 1 saturated heterocycles. The lowest BCUT2D eigenvalue weighted by atomic mass is 9.96. The lowest BCUT2D eigenvalue weighted by Gasteiger charge is -2.38. The number of fused-ring (bicyclic) bond motifs is 1. The molecular weight excluding hydrogens is 348 g/mol. The summed E-state index contributed by atoms with van der Waals surface area (Å²) in [5, 5.41) is 11.1. The summed E-state index contributed by atoms with van der Waals surface area (Å²) in [7, 11) is 0. The van der Waals surface area contributed by atoms with Crippen molar-refractivity contribution in [2.45, 2.75) is 25.7 Å². The number of aromatic nitrogens is 6. The third kappa shape index (κ3) is 2.92. The van der Waals surface area contributed by atoms with E-state index in [2.05, 4.69) is 30.5 Å². The smallest absolute Gasteiger partial charge is 0.234 e. The average molecular weight is 366 g/mol. The Balaban J connectivity index is 1.23. The number of anilines is 2. The number of aryl methyl sites for hydroxylation is 1. The van der Waals surface area contributed by atoms with Gasteiger partial charge in [0.1, 0.15) is 24.8 Å². The SMILES string of the molecule is O=C(Nc1onc2c1CCCC2)C1CN(c2cc(-n3cncn3)ncn2)C1. The van der Waals surface area contributed by atoms with Crippen LogP contribution in [0.2, 0.25) is 0 Å². The maximum atomic E-state index is 12.5. The first-order valence-electron chi connectivity index (χ1n) is 8.98. The van der Waals surface area contributed by atoms with Gasteiger partial charge in [0.05, 0.1) is 11.6 Å². The second kappa shape index (κ2) is 6.45. The van der Waals surface area contributed by atoms with Gasteiger partial charge >= 0.3 is 0 Å². The van der Waals surface area contributed by atoms with Crippen LogP contribution in [0.3, 0.4) is 0 Å². The van der Waals surface area contributed by atoms with Crippen LogP contribution in [0.25, 0.3) is 5.82 Å². The van der Waals surface area contributed by atoms with Crippen molar-refractivity contribution in [2.75, 3.05) is 23.3 Å². The quantitative estimate of drug-likeness (QED) is 0.727. The molecule has 10 heteroatoms. The standard InChI is InChI=1S/C17H18N8O2/c26-16(22-17-12-3-1-2-4-13(12)23-27-17)11-6-24(7-11)14-5-15(20-9-19-14)25-10-18-8-21-25/h5,8-11H,1-4,6-7H2,(H,22,26). The molecule has 1 aliphatic heterocycles. The van der Waals surface area contributed by atoms with Crippen molar-refractivity contribution >= 4 is 17.6 Å². The molecule has 0 unspecified atom stereocenters. The molecule has 1 fully saturated rings. The fourth-order valence-electron chi connectivity index (χ4n) is 3.50. The van der Waals surface area contributed by atoms with E-state index in [-0.39, 0.29) is 11.8 Å². The fraction of sp³-hybridized carbons (Fsp3) is 0.412. The lowest BCUT2D eigenvalue weighted by Crippen LogP contribution is -2.52. The van der Waals surface area contributed by atoms with Gasteiger partial charge in [-0.05, 0) is 25.7 Å². The molecular formula is C17H18N8O2. The summed E-state index contributed by atoms with van der Waals surface area (Å²) >= 11 is 0. The van der Waals surface area contributed by atoms with Crippen LogP contribution in [0, 0.1) is 5.92 Å². The largest absolute Gasteiger partial charge is 0.355 e. The highest BCUT2D eigenvalue weighted by molar-refractivity contribution is 5.93. The molecule has 10 nitrogen and oxygen atoms in total. The summed E-state index contributed by atoms with van der Waals surface area (Å²) in [5.74, 6) is 1.76. The third-order valence-electron chi connectivity index (χ3n) is 5.06. The minimum atomic E-state index is -0.112. The molecule has 0 bridgehead atoms. The van der Waals surface area contributed by atoms with Crippen LogP contribution in [0.1, 0.15) is 24.1 Å². The van der Waals surface area contributed by atoms with Crippen LogP contribution in [-0.2, 0) is 17.6 Å². The normalized spacial score (nSPS) is 16.7. The Kier molecular flexibility index (Phi) is 3.80. The zero-order valence-electron chi connectivity index (χ0n) is 14.6. The molecule has 3 aromatic rings. The Hall–Kier alpha value is -3.30. The van der Waals surface area contributed by atoms with Gasteiger partial charge < -0.3 is 9.42 Å². The first kappa shape index (κ1) is 15.9. The molecule has 1 aliphatic carbocycles. The van der Waals surface area contributed by atoms with Crippen molar-refractivity contribution in [1.29, 1.82) is 0 Å². The summed E-state index contributed by atoms with van der Waals surface area (Å²) in [6, 6.07) is 1.83. The van der Waals surface area contributed by atoms with Gasteiger partial charge in [-0.1, -0.05) is 5.16 Å². The Bertz CT molecular complexity index is 961. The van der Waals surface area contributed by atoms with Gasteiger partial charge in [-0.3, -0.25) is 10.1 Å². The first-order chi connectivity index (χ1) is 13.3. The van der Waals surface area contributed by atoms with Gasteiger partial charge in [0, 0.05) is 24.7 Å². The molecule has 5 rings (SSSR count). The molecule has 0 aromatic carbocycles. The summed E-state index contributed by atoms with van der Waals surface area (Å²) in [6.45, 7) is 1.19. The second-order valence-electron chi connectivity index (χ2n) is 6.81. The van der Waals surface area contributed by atoms with E-state index in [0.717, 1.165) is 42.8 Å². The van der Waals surface area contributed by atoms with Gasteiger partial charge in [-0.25, -0.2) is 19.6 Å². The molecule has 27 heavy (non-hydrogen) atoms. The molecule has 0 spiro atoms. The highest BCUT2D eigenvalue weighted by atomic mass is 16.5. The van der Waals surface area contributed by atoms with E-state index >= 15 is 0 Å². The van der Waals surface area contributed by atoms with Crippen molar-refractivity contribution in [2.24, 2.45) is 5.92 Å². The zero-order chi connectivity index (χ0) is 18.2. The number of rotatable bonds is 4. The number of nitrogens with zero attached hydrogens (tertiary/aromatic N) is 7. The van der Waals surface area contributed by atoms with Gasteiger partial charge in [0.2, 0.25) is 11.8 Å². The molecule has 4 heterocycles. The topological polar surface area (TPSA) is 115 Å². The van der Waals surface area contributed by atoms with Gasteiger partial charge in [-0.15, -0.1) is 0 Å². The van der Waals surface area contributed by atoms with Crippen molar-refractivity contribution < 1.29 is 9.32 Å². The highest BCUT2D eigenvalue weighted by Crippen LogP contribution is 2.29. The van der Waals surface area contributed by atoms with Gasteiger partial charge in [-0.2, -0.15) is 5.10 Å². The number of carbonyl (C=O) groups excluding carboxylic acids is 1. The zero-order valence-corrected chi connectivity index (χ0v) is 14.6. The van der Waals surface area contributed by atoms with Crippen LogP contribution in [0.5, 0.6) is 0 Å². The highest BCUT2D eigenvalue weighted by Gasteiger charge is 2.35. The molecule has 2 aliphatic rings. The van der Waals surface area contributed by atoms with Crippen molar-refractivity contribution in [3.8, 4) is 5.82 Å². The van der Waals surface area contributed by atoms with Crippen LogP contribution in [-0.4, -0.2) is 48.9 Å². The van der Waals surface area contributed by atoms with Crippen molar-refractivity contribution in [3.63, 3.8) is 0 Å².